The van der Waals surface area contributed by atoms with Crippen LogP contribution >= 0.6 is 11.3 Å². The lowest BCUT2D eigenvalue weighted by molar-refractivity contribution is -0.136. The van der Waals surface area contributed by atoms with Crippen molar-refractivity contribution < 1.29 is 9.90 Å². The van der Waals surface area contributed by atoms with Gasteiger partial charge < -0.3 is 10.4 Å². The highest BCUT2D eigenvalue weighted by molar-refractivity contribution is 7.13. The molecule has 1 aromatic rings. The van der Waals surface area contributed by atoms with Crippen LogP contribution in [0.1, 0.15) is 45.2 Å². The summed E-state index contributed by atoms with van der Waals surface area (Å²) in [6.45, 7) is 4.57. The minimum atomic E-state index is -0.829. The van der Waals surface area contributed by atoms with E-state index in [4.69, 9.17) is 5.11 Å². The highest BCUT2D eigenvalue weighted by atomic mass is 32.1. The minimum Gasteiger partial charge on any atom is -0.481 e. The molecule has 1 heterocycles. The molecule has 0 amide bonds. The molecular formula is C13H20N2O2S. The first-order valence-electron chi connectivity index (χ1n) is 6.40. The molecule has 100 valence electrons. The van der Waals surface area contributed by atoms with Crippen LogP contribution in [-0.4, -0.2) is 22.1 Å². The second-order valence-corrected chi connectivity index (χ2v) is 6.50. The first-order chi connectivity index (χ1) is 8.47. The standard InChI is InChI=1S/C13H20N2O2S/c1-13(2)6-4-3-5-10(13)15-12-14-9(8-18-12)7-11(16)17/h8,10H,3-7H2,1-2H3,(H,14,15)(H,16,17). The number of rotatable bonds is 4. The van der Waals surface area contributed by atoms with E-state index in [2.05, 4.69) is 24.1 Å². The van der Waals surface area contributed by atoms with Crippen LogP contribution in [0.4, 0.5) is 5.13 Å². The molecule has 2 N–H and O–H groups in total. The van der Waals surface area contributed by atoms with Crippen molar-refractivity contribution in [1.82, 2.24) is 4.98 Å². The van der Waals surface area contributed by atoms with E-state index in [-0.39, 0.29) is 11.8 Å². The zero-order valence-corrected chi connectivity index (χ0v) is 11.7. The van der Waals surface area contributed by atoms with Crippen LogP contribution in [-0.2, 0) is 11.2 Å². The van der Waals surface area contributed by atoms with Gasteiger partial charge in [0.1, 0.15) is 0 Å². The normalized spacial score (nSPS) is 22.7. The fourth-order valence-corrected chi connectivity index (χ4v) is 3.28. The summed E-state index contributed by atoms with van der Waals surface area (Å²) < 4.78 is 0. The van der Waals surface area contributed by atoms with E-state index in [0.717, 1.165) is 5.13 Å². The number of hydrogen-bond donors (Lipinski definition) is 2. The zero-order valence-electron chi connectivity index (χ0n) is 10.9. The van der Waals surface area contributed by atoms with Crippen LogP contribution in [0, 0.1) is 5.41 Å². The average Bonchev–Trinajstić information content (AvgIpc) is 2.68. The first-order valence-corrected chi connectivity index (χ1v) is 7.28. The number of nitrogens with zero attached hydrogens (tertiary/aromatic N) is 1. The summed E-state index contributed by atoms with van der Waals surface area (Å²) in [6.07, 6.45) is 4.97. The Morgan fingerprint density at radius 3 is 3.06 bits per heavy atom. The number of carboxylic acids is 1. The lowest BCUT2D eigenvalue weighted by Crippen LogP contribution is -2.38. The summed E-state index contributed by atoms with van der Waals surface area (Å²) >= 11 is 1.50. The van der Waals surface area contributed by atoms with Crippen molar-refractivity contribution in [3.05, 3.63) is 11.1 Å². The third kappa shape index (κ3) is 3.22. The molecule has 1 atom stereocenters. The Bertz CT molecular complexity index is 428. The van der Waals surface area contributed by atoms with Gasteiger partial charge in [0.2, 0.25) is 0 Å². The molecule has 5 heteroatoms. The molecular weight excluding hydrogens is 248 g/mol. The molecule has 0 aliphatic heterocycles. The van der Waals surface area contributed by atoms with E-state index in [1.165, 1.54) is 37.0 Å². The van der Waals surface area contributed by atoms with Crippen molar-refractivity contribution in [3.63, 3.8) is 0 Å². The van der Waals surface area contributed by atoms with Crippen molar-refractivity contribution in [3.8, 4) is 0 Å². The number of aromatic nitrogens is 1. The summed E-state index contributed by atoms with van der Waals surface area (Å²) in [7, 11) is 0. The van der Waals surface area contributed by atoms with Crippen molar-refractivity contribution in [2.24, 2.45) is 5.41 Å². The van der Waals surface area contributed by atoms with Gasteiger partial charge in [0.15, 0.2) is 5.13 Å². The van der Waals surface area contributed by atoms with E-state index < -0.39 is 5.97 Å². The molecule has 18 heavy (non-hydrogen) atoms. The van der Waals surface area contributed by atoms with Gasteiger partial charge in [-0.05, 0) is 18.3 Å². The lowest BCUT2D eigenvalue weighted by atomic mass is 9.73. The minimum absolute atomic E-state index is 0.00619. The maximum atomic E-state index is 10.6. The zero-order chi connectivity index (χ0) is 13.2. The summed E-state index contributed by atoms with van der Waals surface area (Å²) in [5, 5.41) is 14.9. The molecule has 0 bridgehead atoms. The Labute approximate surface area is 111 Å². The lowest BCUT2D eigenvalue weighted by Gasteiger charge is -2.38. The highest BCUT2D eigenvalue weighted by Crippen LogP contribution is 2.37. The Kier molecular flexibility index (Phi) is 3.90. The molecule has 1 aromatic heterocycles. The third-order valence-electron chi connectivity index (χ3n) is 3.69. The van der Waals surface area contributed by atoms with Crippen molar-refractivity contribution in [2.75, 3.05) is 5.32 Å². The van der Waals surface area contributed by atoms with Gasteiger partial charge in [-0.2, -0.15) is 0 Å². The topological polar surface area (TPSA) is 62.2 Å². The van der Waals surface area contributed by atoms with Gasteiger partial charge in [0.05, 0.1) is 12.1 Å². The van der Waals surface area contributed by atoms with Crippen LogP contribution in [0.2, 0.25) is 0 Å². The summed E-state index contributed by atoms with van der Waals surface area (Å²) in [6, 6.07) is 0.440. The maximum absolute atomic E-state index is 10.6. The molecule has 1 fully saturated rings. The smallest absolute Gasteiger partial charge is 0.309 e. The molecule has 2 rings (SSSR count). The highest BCUT2D eigenvalue weighted by Gasteiger charge is 2.32. The molecule has 1 saturated carbocycles. The second kappa shape index (κ2) is 5.26. The molecule has 4 nitrogen and oxygen atoms in total. The van der Waals surface area contributed by atoms with Gasteiger partial charge in [-0.1, -0.05) is 26.7 Å². The van der Waals surface area contributed by atoms with Crippen molar-refractivity contribution in [1.29, 1.82) is 0 Å². The summed E-state index contributed by atoms with van der Waals surface area (Å²) in [5.41, 5.74) is 0.931. The van der Waals surface area contributed by atoms with E-state index in [1.807, 2.05) is 5.38 Å². The van der Waals surface area contributed by atoms with E-state index in [1.54, 1.807) is 0 Å². The van der Waals surface area contributed by atoms with Crippen molar-refractivity contribution in [2.45, 2.75) is 52.0 Å². The average molecular weight is 268 g/mol. The van der Waals surface area contributed by atoms with Crippen molar-refractivity contribution >= 4 is 22.4 Å². The molecule has 0 aromatic carbocycles. The van der Waals surface area contributed by atoms with Crippen LogP contribution in [0.15, 0.2) is 5.38 Å². The number of carboxylic acid groups (broad SMARTS) is 1. The summed E-state index contributed by atoms with van der Waals surface area (Å²) in [5.74, 6) is -0.829. The predicted molar refractivity (Wildman–Crippen MR) is 73.1 cm³/mol. The van der Waals surface area contributed by atoms with Crippen LogP contribution in [0.5, 0.6) is 0 Å². The Balaban J connectivity index is 2.00. The van der Waals surface area contributed by atoms with Gasteiger partial charge in [0.25, 0.3) is 0 Å². The van der Waals surface area contributed by atoms with Crippen LogP contribution < -0.4 is 5.32 Å². The Hall–Kier alpha value is -1.10. The monoisotopic (exact) mass is 268 g/mol. The quantitative estimate of drug-likeness (QED) is 0.880. The number of thiazole rings is 1. The SMILES string of the molecule is CC1(C)CCCCC1Nc1nc(CC(=O)O)cs1. The molecule has 0 spiro atoms. The molecule has 1 aliphatic rings. The first kappa shape index (κ1) is 13.3. The van der Waals surface area contributed by atoms with E-state index in [0.29, 0.717) is 11.7 Å². The second-order valence-electron chi connectivity index (χ2n) is 5.65. The fourth-order valence-electron chi connectivity index (χ4n) is 2.52. The molecule has 1 aliphatic carbocycles. The molecule has 0 saturated heterocycles. The molecule has 1 unspecified atom stereocenters. The number of carbonyl (C=O) groups is 1. The van der Waals surface area contributed by atoms with Gasteiger partial charge in [0, 0.05) is 11.4 Å². The number of aliphatic carboxylic acids is 1. The van der Waals surface area contributed by atoms with Gasteiger partial charge in [-0.3, -0.25) is 4.79 Å². The number of nitrogens with one attached hydrogen (secondary N) is 1. The van der Waals surface area contributed by atoms with Gasteiger partial charge in [-0.15, -0.1) is 11.3 Å². The summed E-state index contributed by atoms with van der Waals surface area (Å²) in [4.78, 5) is 15.0. The van der Waals surface area contributed by atoms with E-state index in [9.17, 15) is 4.79 Å². The number of anilines is 1. The van der Waals surface area contributed by atoms with Gasteiger partial charge in [-0.25, -0.2) is 4.98 Å². The third-order valence-corrected chi connectivity index (χ3v) is 4.51. The Morgan fingerprint density at radius 2 is 2.39 bits per heavy atom. The largest absolute Gasteiger partial charge is 0.481 e. The predicted octanol–water partition coefficient (Wildman–Crippen LogP) is 3.15. The molecule has 0 radical (unpaired) electrons. The maximum Gasteiger partial charge on any atom is 0.309 e. The fraction of sp³-hybridized carbons (Fsp3) is 0.692. The number of hydrogen-bond acceptors (Lipinski definition) is 4. The van der Waals surface area contributed by atoms with Gasteiger partial charge >= 0.3 is 5.97 Å². The van der Waals surface area contributed by atoms with E-state index >= 15 is 0 Å². The van der Waals surface area contributed by atoms with Crippen LogP contribution in [0.25, 0.3) is 0 Å². The Morgan fingerprint density at radius 1 is 1.61 bits per heavy atom. The van der Waals surface area contributed by atoms with Crippen LogP contribution in [0.3, 0.4) is 0 Å².